The standard InChI is InChI=1S/C17H14F3N3O2S/c1-23-13-4-3-10(17(18,19)20)7-12(13)22-16(23)11-5-6-21-8-14(11)26-9-15(24)25-2/h3-8H,9H2,1-2H3. The Labute approximate surface area is 151 Å². The van der Waals surface area contributed by atoms with Crippen LogP contribution >= 0.6 is 11.8 Å². The van der Waals surface area contributed by atoms with Crippen molar-refractivity contribution in [1.29, 1.82) is 0 Å². The molecular formula is C17H14F3N3O2S. The Hall–Kier alpha value is -2.55. The van der Waals surface area contributed by atoms with Gasteiger partial charge in [-0.05, 0) is 24.3 Å². The topological polar surface area (TPSA) is 57.0 Å². The summed E-state index contributed by atoms with van der Waals surface area (Å²) in [5.74, 6) is 0.205. The van der Waals surface area contributed by atoms with Crippen LogP contribution < -0.4 is 0 Å². The SMILES string of the molecule is COC(=O)CSc1cnccc1-c1nc2cc(C(F)(F)F)ccc2n1C. The van der Waals surface area contributed by atoms with Gasteiger partial charge in [0, 0.05) is 29.9 Å². The molecule has 2 aromatic heterocycles. The van der Waals surface area contributed by atoms with Crippen molar-refractivity contribution in [3.63, 3.8) is 0 Å². The minimum absolute atomic E-state index is 0.0946. The number of ether oxygens (including phenoxy) is 1. The normalized spacial score (nSPS) is 11.7. The highest BCUT2D eigenvalue weighted by Crippen LogP contribution is 2.35. The molecule has 0 saturated heterocycles. The second-order valence-corrected chi connectivity index (χ2v) is 6.45. The molecule has 3 aromatic rings. The second kappa shape index (κ2) is 6.99. The molecule has 0 aliphatic carbocycles. The summed E-state index contributed by atoms with van der Waals surface area (Å²) in [4.78, 5) is 20.5. The Balaban J connectivity index is 2.06. The predicted molar refractivity (Wildman–Crippen MR) is 91.7 cm³/mol. The molecule has 0 fully saturated rings. The first-order chi connectivity index (χ1) is 12.3. The van der Waals surface area contributed by atoms with Crippen LogP contribution in [-0.4, -0.2) is 33.4 Å². The number of hydrogen-bond donors (Lipinski definition) is 0. The fraction of sp³-hybridized carbons (Fsp3) is 0.235. The van der Waals surface area contributed by atoms with E-state index >= 15 is 0 Å². The van der Waals surface area contributed by atoms with Crippen LogP contribution in [-0.2, 0) is 22.8 Å². The molecule has 0 bridgehead atoms. The lowest BCUT2D eigenvalue weighted by Crippen LogP contribution is -2.04. The highest BCUT2D eigenvalue weighted by atomic mass is 32.2. The zero-order valence-electron chi connectivity index (χ0n) is 13.9. The molecule has 0 N–H and O–H groups in total. The number of rotatable bonds is 4. The molecule has 5 nitrogen and oxygen atoms in total. The van der Waals surface area contributed by atoms with E-state index in [1.54, 1.807) is 30.1 Å². The van der Waals surface area contributed by atoms with Gasteiger partial charge < -0.3 is 9.30 Å². The van der Waals surface area contributed by atoms with Gasteiger partial charge in [0.1, 0.15) is 5.82 Å². The number of carbonyl (C=O) groups is 1. The van der Waals surface area contributed by atoms with Crippen LogP contribution in [0.1, 0.15) is 5.56 Å². The third-order valence-electron chi connectivity index (χ3n) is 3.81. The van der Waals surface area contributed by atoms with Gasteiger partial charge in [0.25, 0.3) is 0 Å². The molecular weight excluding hydrogens is 367 g/mol. The molecule has 0 spiro atoms. The zero-order valence-corrected chi connectivity index (χ0v) is 14.7. The number of benzene rings is 1. The van der Waals surface area contributed by atoms with Gasteiger partial charge >= 0.3 is 12.1 Å². The number of imidazole rings is 1. The Bertz CT molecular complexity index is 970. The molecule has 0 amide bonds. The van der Waals surface area contributed by atoms with Gasteiger partial charge in [-0.15, -0.1) is 11.8 Å². The Morgan fingerprint density at radius 1 is 1.31 bits per heavy atom. The summed E-state index contributed by atoms with van der Waals surface area (Å²) >= 11 is 1.23. The molecule has 1 aromatic carbocycles. The maximum atomic E-state index is 12.9. The maximum Gasteiger partial charge on any atom is 0.416 e. The Morgan fingerprint density at radius 3 is 2.77 bits per heavy atom. The molecule has 9 heteroatoms. The molecule has 26 heavy (non-hydrogen) atoms. The van der Waals surface area contributed by atoms with E-state index in [4.69, 9.17) is 0 Å². The van der Waals surface area contributed by atoms with Crippen molar-refractivity contribution < 1.29 is 22.7 Å². The lowest BCUT2D eigenvalue weighted by Gasteiger charge is -2.08. The monoisotopic (exact) mass is 381 g/mol. The summed E-state index contributed by atoms with van der Waals surface area (Å²) in [7, 11) is 3.03. The molecule has 3 rings (SSSR count). The summed E-state index contributed by atoms with van der Waals surface area (Å²) in [6, 6.07) is 5.18. The van der Waals surface area contributed by atoms with E-state index in [1.807, 2.05) is 0 Å². The van der Waals surface area contributed by atoms with E-state index in [0.717, 1.165) is 12.1 Å². The van der Waals surface area contributed by atoms with E-state index in [0.29, 0.717) is 21.8 Å². The molecule has 0 unspecified atom stereocenters. The minimum Gasteiger partial charge on any atom is -0.468 e. The minimum atomic E-state index is -4.43. The van der Waals surface area contributed by atoms with Gasteiger partial charge in [-0.1, -0.05) is 0 Å². The number of methoxy groups -OCH3 is 1. The number of halogens is 3. The number of pyridine rings is 1. The highest BCUT2D eigenvalue weighted by Gasteiger charge is 2.31. The average molecular weight is 381 g/mol. The second-order valence-electron chi connectivity index (χ2n) is 5.43. The lowest BCUT2D eigenvalue weighted by atomic mass is 10.2. The number of esters is 1. The fourth-order valence-electron chi connectivity index (χ4n) is 2.49. The van der Waals surface area contributed by atoms with Crippen LogP contribution in [0.25, 0.3) is 22.4 Å². The average Bonchev–Trinajstić information content (AvgIpc) is 2.95. The molecule has 0 aliphatic rings. The first kappa shape index (κ1) is 18.2. The van der Waals surface area contributed by atoms with Crippen LogP contribution in [0.4, 0.5) is 13.2 Å². The number of aromatic nitrogens is 3. The number of aryl methyl sites for hydroxylation is 1. The van der Waals surface area contributed by atoms with Crippen molar-refractivity contribution in [2.75, 3.05) is 12.9 Å². The number of carbonyl (C=O) groups excluding carboxylic acids is 1. The predicted octanol–water partition coefficient (Wildman–Crippen LogP) is 3.92. The quantitative estimate of drug-likeness (QED) is 0.506. The highest BCUT2D eigenvalue weighted by molar-refractivity contribution is 8.00. The largest absolute Gasteiger partial charge is 0.468 e. The van der Waals surface area contributed by atoms with E-state index in [9.17, 15) is 18.0 Å². The number of hydrogen-bond acceptors (Lipinski definition) is 5. The summed E-state index contributed by atoms with van der Waals surface area (Å²) in [5, 5.41) is 0. The van der Waals surface area contributed by atoms with Crippen molar-refractivity contribution in [2.45, 2.75) is 11.1 Å². The summed E-state index contributed by atoms with van der Waals surface area (Å²) in [6.45, 7) is 0. The summed E-state index contributed by atoms with van der Waals surface area (Å²) in [6.07, 6.45) is -1.27. The maximum absolute atomic E-state index is 12.9. The lowest BCUT2D eigenvalue weighted by molar-refractivity contribution is -0.138. The van der Waals surface area contributed by atoms with Gasteiger partial charge in [-0.2, -0.15) is 13.2 Å². The Morgan fingerprint density at radius 2 is 2.08 bits per heavy atom. The number of thioether (sulfide) groups is 1. The van der Waals surface area contributed by atoms with Gasteiger partial charge in [0.15, 0.2) is 0 Å². The number of nitrogens with zero attached hydrogens (tertiary/aromatic N) is 3. The van der Waals surface area contributed by atoms with Crippen LogP contribution in [0.15, 0.2) is 41.6 Å². The van der Waals surface area contributed by atoms with E-state index in [2.05, 4.69) is 14.7 Å². The molecule has 0 saturated carbocycles. The van der Waals surface area contributed by atoms with Crippen molar-refractivity contribution in [2.24, 2.45) is 7.05 Å². The molecule has 0 radical (unpaired) electrons. The Kier molecular flexibility index (Phi) is 4.90. The first-order valence-corrected chi connectivity index (χ1v) is 8.47. The zero-order chi connectivity index (χ0) is 18.9. The van der Waals surface area contributed by atoms with Crippen molar-refractivity contribution in [3.05, 3.63) is 42.2 Å². The summed E-state index contributed by atoms with van der Waals surface area (Å²) in [5.41, 5.74) is 0.762. The van der Waals surface area contributed by atoms with Crippen LogP contribution in [0.2, 0.25) is 0 Å². The molecule has 136 valence electrons. The van der Waals surface area contributed by atoms with Crippen molar-refractivity contribution in [1.82, 2.24) is 14.5 Å². The van der Waals surface area contributed by atoms with Crippen molar-refractivity contribution in [3.8, 4) is 11.4 Å². The third kappa shape index (κ3) is 3.52. The molecule has 0 aliphatic heterocycles. The fourth-order valence-corrected chi connectivity index (χ4v) is 3.33. The van der Waals surface area contributed by atoms with Crippen LogP contribution in [0.5, 0.6) is 0 Å². The first-order valence-electron chi connectivity index (χ1n) is 7.49. The van der Waals surface area contributed by atoms with E-state index in [-0.39, 0.29) is 17.2 Å². The van der Waals surface area contributed by atoms with Crippen LogP contribution in [0.3, 0.4) is 0 Å². The van der Waals surface area contributed by atoms with Gasteiger partial charge in [-0.3, -0.25) is 9.78 Å². The third-order valence-corrected chi connectivity index (χ3v) is 4.82. The van der Waals surface area contributed by atoms with Gasteiger partial charge in [0.2, 0.25) is 0 Å². The summed E-state index contributed by atoms with van der Waals surface area (Å²) < 4.78 is 45.1. The molecule has 2 heterocycles. The number of alkyl halides is 3. The van der Waals surface area contributed by atoms with Gasteiger partial charge in [0.05, 0.1) is 29.5 Å². The van der Waals surface area contributed by atoms with Gasteiger partial charge in [-0.25, -0.2) is 4.98 Å². The van der Waals surface area contributed by atoms with Crippen molar-refractivity contribution >= 4 is 28.8 Å². The smallest absolute Gasteiger partial charge is 0.416 e. The number of fused-ring (bicyclic) bond motifs is 1. The van der Waals surface area contributed by atoms with E-state index < -0.39 is 11.7 Å². The van der Waals surface area contributed by atoms with E-state index in [1.165, 1.54) is 24.9 Å². The van der Waals surface area contributed by atoms with Crippen LogP contribution in [0, 0.1) is 0 Å². The molecule has 0 atom stereocenters.